The van der Waals surface area contributed by atoms with Crippen LogP contribution in [0, 0.1) is 0 Å². The van der Waals surface area contributed by atoms with Gasteiger partial charge in [0.1, 0.15) is 0 Å². The van der Waals surface area contributed by atoms with Crippen molar-refractivity contribution < 1.29 is 15.0 Å². The molecule has 382 valence electrons. The number of carbonyl (C=O) groups excluding carboxylic acids is 1. The zero-order valence-electron chi connectivity index (χ0n) is 44.1. The van der Waals surface area contributed by atoms with Gasteiger partial charge in [-0.3, -0.25) is 4.79 Å². The van der Waals surface area contributed by atoms with Gasteiger partial charge in [-0.15, -0.1) is 0 Å². The summed E-state index contributed by atoms with van der Waals surface area (Å²) in [4.78, 5) is 12.4. The lowest BCUT2D eigenvalue weighted by atomic mass is 10.0. The van der Waals surface area contributed by atoms with Gasteiger partial charge in [0.05, 0.1) is 18.8 Å². The first-order valence-electron chi connectivity index (χ1n) is 29.9. The molecule has 2 unspecified atom stereocenters. The van der Waals surface area contributed by atoms with Crippen LogP contribution in [-0.2, 0) is 4.79 Å². The average Bonchev–Trinajstić information content (AvgIpc) is 3.30. The van der Waals surface area contributed by atoms with Crippen molar-refractivity contribution in [3.63, 3.8) is 0 Å². The predicted octanol–water partition coefficient (Wildman–Crippen LogP) is 19.7. The van der Waals surface area contributed by atoms with Crippen molar-refractivity contribution in [2.45, 2.75) is 360 Å². The number of rotatable bonds is 56. The SMILES string of the molecule is CCCCCCCCCC/C=C\CCCCCCCCCCCCCCCCCCCCCCCCCCCCCCCC(=O)NC(CO)C(O)CCCCCCCCCCCCC. The maximum Gasteiger partial charge on any atom is 0.220 e. The minimum Gasteiger partial charge on any atom is -0.394 e. The lowest BCUT2D eigenvalue weighted by Gasteiger charge is -2.22. The van der Waals surface area contributed by atoms with Crippen LogP contribution in [0.25, 0.3) is 0 Å². The van der Waals surface area contributed by atoms with Crippen molar-refractivity contribution >= 4 is 5.91 Å². The molecule has 4 nitrogen and oxygen atoms in total. The molecule has 0 saturated heterocycles. The van der Waals surface area contributed by atoms with E-state index in [0.29, 0.717) is 12.8 Å². The lowest BCUT2D eigenvalue weighted by Crippen LogP contribution is -2.45. The van der Waals surface area contributed by atoms with Crippen molar-refractivity contribution in [3.05, 3.63) is 12.2 Å². The molecule has 0 heterocycles. The maximum absolute atomic E-state index is 12.4. The minimum atomic E-state index is -0.654. The van der Waals surface area contributed by atoms with E-state index in [9.17, 15) is 15.0 Å². The quantitative estimate of drug-likeness (QED) is 0.0421. The molecule has 0 aromatic rings. The molecule has 0 aliphatic rings. The molecule has 4 heteroatoms. The van der Waals surface area contributed by atoms with Gasteiger partial charge in [-0.2, -0.15) is 0 Å². The summed E-state index contributed by atoms with van der Waals surface area (Å²) in [6.07, 6.45) is 73.9. The highest BCUT2D eigenvalue weighted by atomic mass is 16.3. The molecule has 0 aliphatic carbocycles. The Morgan fingerprint density at radius 1 is 0.359 bits per heavy atom. The molecule has 3 N–H and O–H groups in total. The molecular formula is C60H119NO3. The zero-order chi connectivity index (χ0) is 46.3. The van der Waals surface area contributed by atoms with Gasteiger partial charge in [0.15, 0.2) is 0 Å². The number of unbranched alkanes of at least 4 members (excludes halogenated alkanes) is 47. The van der Waals surface area contributed by atoms with Crippen molar-refractivity contribution in [2.24, 2.45) is 0 Å². The molecule has 1 amide bonds. The number of allylic oxidation sites excluding steroid dienone is 2. The van der Waals surface area contributed by atoms with Crippen LogP contribution >= 0.6 is 0 Å². The average molecular weight is 903 g/mol. The van der Waals surface area contributed by atoms with Crippen molar-refractivity contribution in [1.29, 1.82) is 0 Å². The molecule has 0 radical (unpaired) electrons. The number of hydrogen-bond donors (Lipinski definition) is 3. The monoisotopic (exact) mass is 902 g/mol. The van der Waals surface area contributed by atoms with Crippen LogP contribution in [0.15, 0.2) is 12.2 Å². The number of carbonyl (C=O) groups is 1. The first-order chi connectivity index (χ1) is 31.7. The molecule has 0 spiro atoms. The van der Waals surface area contributed by atoms with Crippen molar-refractivity contribution in [2.75, 3.05) is 6.61 Å². The van der Waals surface area contributed by atoms with Gasteiger partial charge < -0.3 is 15.5 Å². The standard InChI is InChI=1S/C60H119NO3/c1-3-5-7-9-11-13-15-16-17-18-19-20-21-22-23-24-25-26-27-28-29-30-31-32-33-34-35-36-37-38-39-40-41-42-43-44-46-48-50-52-54-56-60(64)61-58(57-62)59(63)55-53-51-49-47-45-14-12-10-8-6-4-2/h18-19,58-59,62-63H,3-17,20-57H2,1-2H3,(H,61,64)/b19-18-. The molecule has 0 aromatic heterocycles. The van der Waals surface area contributed by atoms with Crippen LogP contribution in [0.3, 0.4) is 0 Å². The summed E-state index contributed by atoms with van der Waals surface area (Å²) < 4.78 is 0. The van der Waals surface area contributed by atoms with E-state index in [1.807, 2.05) is 0 Å². The second-order valence-corrected chi connectivity index (χ2v) is 20.8. The number of nitrogens with one attached hydrogen (secondary N) is 1. The summed E-state index contributed by atoms with van der Waals surface area (Å²) in [5.74, 6) is -0.0251. The zero-order valence-corrected chi connectivity index (χ0v) is 44.1. The minimum absolute atomic E-state index is 0.0251. The van der Waals surface area contributed by atoms with E-state index in [1.165, 1.54) is 295 Å². The third-order valence-corrected chi connectivity index (χ3v) is 14.3. The Labute approximate surface area is 403 Å². The highest BCUT2D eigenvalue weighted by Crippen LogP contribution is 2.18. The molecule has 0 bridgehead atoms. The highest BCUT2D eigenvalue weighted by Gasteiger charge is 2.20. The Morgan fingerprint density at radius 2 is 0.594 bits per heavy atom. The summed E-state index contributed by atoms with van der Waals surface area (Å²) in [5.41, 5.74) is 0. The molecule has 0 rings (SSSR count). The Balaban J connectivity index is 3.30. The van der Waals surface area contributed by atoms with Crippen molar-refractivity contribution in [3.8, 4) is 0 Å². The summed E-state index contributed by atoms with van der Waals surface area (Å²) >= 11 is 0. The fourth-order valence-corrected chi connectivity index (χ4v) is 9.71. The van der Waals surface area contributed by atoms with Gasteiger partial charge in [-0.25, -0.2) is 0 Å². The van der Waals surface area contributed by atoms with Gasteiger partial charge in [-0.05, 0) is 38.5 Å². The van der Waals surface area contributed by atoms with E-state index in [1.54, 1.807) is 0 Å². The highest BCUT2D eigenvalue weighted by molar-refractivity contribution is 5.76. The molecule has 0 fully saturated rings. The number of aliphatic hydroxyl groups is 2. The number of amides is 1. The van der Waals surface area contributed by atoms with Crippen LogP contribution in [0.1, 0.15) is 348 Å². The largest absolute Gasteiger partial charge is 0.394 e. The molecule has 0 aromatic carbocycles. The molecule has 0 saturated carbocycles. The Hall–Kier alpha value is -0.870. The summed E-state index contributed by atoms with van der Waals surface area (Å²) in [6.45, 7) is 4.38. The van der Waals surface area contributed by atoms with E-state index in [-0.39, 0.29) is 12.5 Å². The Bertz CT molecular complexity index is 890. The van der Waals surface area contributed by atoms with Gasteiger partial charge in [0, 0.05) is 6.42 Å². The van der Waals surface area contributed by atoms with Crippen LogP contribution in [0.4, 0.5) is 0 Å². The molecule has 0 aliphatic heterocycles. The fraction of sp³-hybridized carbons (Fsp3) is 0.950. The first-order valence-corrected chi connectivity index (χ1v) is 29.9. The topological polar surface area (TPSA) is 69.6 Å². The van der Waals surface area contributed by atoms with Crippen molar-refractivity contribution in [1.82, 2.24) is 5.32 Å². The first kappa shape index (κ1) is 63.1. The summed E-state index contributed by atoms with van der Waals surface area (Å²) in [7, 11) is 0. The van der Waals surface area contributed by atoms with Crippen LogP contribution < -0.4 is 5.32 Å². The lowest BCUT2D eigenvalue weighted by molar-refractivity contribution is -0.123. The van der Waals surface area contributed by atoms with Gasteiger partial charge in [0.25, 0.3) is 0 Å². The van der Waals surface area contributed by atoms with E-state index in [4.69, 9.17) is 0 Å². The maximum atomic E-state index is 12.4. The summed E-state index contributed by atoms with van der Waals surface area (Å²) in [6, 6.07) is -0.530. The fourth-order valence-electron chi connectivity index (χ4n) is 9.71. The molecule has 2 atom stereocenters. The van der Waals surface area contributed by atoms with Gasteiger partial charge >= 0.3 is 0 Å². The van der Waals surface area contributed by atoms with E-state index in [0.717, 1.165) is 25.7 Å². The third kappa shape index (κ3) is 52.1. The number of aliphatic hydroxyl groups excluding tert-OH is 2. The van der Waals surface area contributed by atoms with E-state index < -0.39 is 12.1 Å². The smallest absolute Gasteiger partial charge is 0.220 e. The third-order valence-electron chi connectivity index (χ3n) is 14.3. The molecule has 64 heavy (non-hydrogen) atoms. The predicted molar refractivity (Wildman–Crippen MR) is 286 cm³/mol. The van der Waals surface area contributed by atoms with E-state index in [2.05, 4.69) is 31.3 Å². The van der Waals surface area contributed by atoms with Crippen LogP contribution in [-0.4, -0.2) is 34.9 Å². The Kier molecular flexibility index (Phi) is 55.7. The number of hydrogen-bond acceptors (Lipinski definition) is 3. The second-order valence-electron chi connectivity index (χ2n) is 20.8. The van der Waals surface area contributed by atoms with Crippen LogP contribution in [0.5, 0.6) is 0 Å². The van der Waals surface area contributed by atoms with Crippen LogP contribution in [0.2, 0.25) is 0 Å². The second kappa shape index (κ2) is 56.5. The normalized spacial score (nSPS) is 12.8. The Morgan fingerprint density at radius 3 is 0.859 bits per heavy atom. The van der Waals surface area contributed by atoms with Gasteiger partial charge in [-0.1, -0.05) is 315 Å². The van der Waals surface area contributed by atoms with E-state index >= 15 is 0 Å². The van der Waals surface area contributed by atoms with Gasteiger partial charge in [0.2, 0.25) is 5.91 Å². The summed E-state index contributed by atoms with van der Waals surface area (Å²) in [5, 5.41) is 23.2. The molecular weight excluding hydrogens is 783 g/mol.